The van der Waals surface area contributed by atoms with Crippen LogP contribution in [0.3, 0.4) is 0 Å². The summed E-state index contributed by atoms with van der Waals surface area (Å²) in [6.07, 6.45) is 0. The average molecular weight is 789 g/mol. The van der Waals surface area contributed by atoms with Gasteiger partial charge in [-0.2, -0.15) is 0 Å². The molecule has 0 unspecified atom stereocenters. The number of para-hydroxylation sites is 3. The minimum absolute atomic E-state index is 1.09. The van der Waals surface area contributed by atoms with Gasteiger partial charge in [0.25, 0.3) is 0 Å². The monoisotopic (exact) mass is 788 g/mol. The van der Waals surface area contributed by atoms with E-state index < -0.39 is 0 Å². The summed E-state index contributed by atoms with van der Waals surface area (Å²) in [6.45, 7) is 0. The number of fused-ring (bicyclic) bond motifs is 6. The zero-order valence-corrected chi connectivity index (χ0v) is 34.0. The van der Waals surface area contributed by atoms with Crippen molar-refractivity contribution < 1.29 is 0 Å². The van der Waals surface area contributed by atoms with Crippen molar-refractivity contribution in [2.75, 3.05) is 4.90 Å². The van der Waals surface area contributed by atoms with Gasteiger partial charge in [0.1, 0.15) is 0 Å². The van der Waals surface area contributed by atoms with Crippen LogP contribution in [-0.4, -0.2) is 4.57 Å². The Bertz CT molecular complexity index is 3590. The first-order chi connectivity index (χ1) is 30.8. The van der Waals surface area contributed by atoms with Crippen molar-refractivity contribution in [1.29, 1.82) is 0 Å². The normalized spacial score (nSPS) is 11.5. The van der Waals surface area contributed by atoms with Crippen LogP contribution >= 0.6 is 0 Å². The fraction of sp³-hybridized carbons (Fsp3) is 0. The molecular formula is C60H40N2. The lowest BCUT2D eigenvalue weighted by Crippen LogP contribution is -2.12. The lowest BCUT2D eigenvalue weighted by atomic mass is 9.92. The fourth-order valence-electron chi connectivity index (χ4n) is 9.77. The SMILES string of the molecule is c1cc(-c2ccc(N(c3ccccc3-c3cccc4ccccc34)c3ccc(-c4cccc5ccccc45)c4ccccc34)cc2)cc(-n2c3ccccc3c3ccccc32)c1. The molecule has 0 fully saturated rings. The summed E-state index contributed by atoms with van der Waals surface area (Å²) < 4.78 is 2.39. The quantitative estimate of drug-likeness (QED) is 0.156. The molecule has 1 heterocycles. The number of benzene rings is 11. The van der Waals surface area contributed by atoms with Gasteiger partial charge in [-0.15, -0.1) is 0 Å². The molecule has 0 N–H and O–H groups in total. The third kappa shape index (κ3) is 5.88. The van der Waals surface area contributed by atoms with Crippen molar-refractivity contribution in [3.8, 4) is 39.1 Å². The maximum atomic E-state index is 2.46. The molecule has 2 heteroatoms. The van der Waals surface area contributed by atoms with Crippen LogP contribution < -0.4 is 4.90 Å². The van der Waals surface area contributed by atoms with Gasteiger partial charge in [-0.1, -0.05) is 194 Å². The van der Waals surface area contributed by atoms with E-state index in [1.165, 1.54) is 81.9 Å². The molecular weight excluding hydrogens is 749 g/mol. The first-order valence-corrected chi connectivity index (χ1v) is 21.3. The molecule has 1 aromatic heterocycles. The van der Waals surface area contributed by atoms with E-state index in [1.807, 2.05) is 0 Å². The highest BCUT2D eigenvalue weighted by molar-refractivity contribution is 6.12. The highest BCUT2D eigenvalue weighted by Gasteiger charge is 2.22. The predicted molar refractivity (Wildman–Crippen MR) is 264 cm³/mol. The molecule has 2 nitrogen and oxygen atoms in total. The Morgan fingerprint density at radius 3 is 1.44 bits per heavy atom. The summed E-state index contributed by atoms with van der Waals surface area (Å²) in [5.74, 6) is 0. The van der Waals surface area contributed by atoms with Crippen molar-refractivity contribution in [3.63, 3.8) is 0 Å². The van der Waals surface area contributed by atoms with Crippen LogP contribution in [0.1, 0.15) is 0 Å². The minimum atomic E-state index is 1.09. The highest BCUT2D eigenvalue weighted by atomic mass is 15.1. The van der Waals surface area contributed by atoms with Crippen LogP contribution in [0.15, 0.2) is 243 Å². The van der Waals surface area contributed by atoms with Gasteiger partial charge < -0.3 is 9.47 Å². The molecule has 11 aromatic carbocycles. The zero-order valence-electron chi connectivity index (χ0n) is 34.0. The van der Waals surface area contributed by atoms with Gasteiger partial charge in [0.2, 0.25) is 0 Å². The summed E-state index contributed by atoms with van der Waals surface area (Å²) in [5, 5.41) is 9.88. The zero-order chi connectivity index (χ0) is 41.0. The van der Waals surface area contributed by atoms with Gasteiger partial charge in [-0.05, 0) is 103 Å². The smallest absolute Gasteiger partial charge is 0.0541 e. The third-order valence-electron chi connectivity index (χ3n) is 12.6. The van der Waals surface area contributed by atoms with Gasteiger partial charge in [0.15, 0.2) is 0 Å². The van der Waals surface area contributed by atoms with Crippen LogP contribution in [0.2, 0.25) is 0 Å². The van der Waals surface area contributed by atoms with E-state index in [1.54, 1.807) is 0 Å². The standard InChI is InChI=1S/C60H40N2/c1-3-22-47-42(16-1)18-14-29-49(47)52-38-39-60(54-25-6-5-24-51(52)54)61(57-31-10-7-26-53(57)50-30-15-19-43-17-2-4-23-48(43)50)45-36-34-41(35-37-45)44-20-13-21-46(40-44)62-58-32-11-8-27-55(58)56-28-9-12-33-59(56)62/h1-40H. The van der Waals surface area contributed by atoms with Gasteiger partial charge in [-0.25, -0.2) is 0 Å². The molecule has 62 heavy (non-hydrogen) atoms. The summed E-state index contributed by atoms with van der Waals surface area (Å²) in [5.41, 5.74) is 14.1. The molecule has 290 valence electrons. The Labute approximate surface area is 360 Å². The number of anilines is 3. The molecule has 12 rings (SSSR count). The molecule has 12 aromatic rings. The molecule has 0 amide bonds. The van der Waals surface area contributed by atoms with E-state index in [4.69, 9.17) is 0 Å². The van der Waals surface area contributed by atoms with Crippen LogP contribution in [0.4, 0.5) is 17.1 Å². The van der Waals surface area contributed by atoms with E-state index >= 15 is 0 Å². The van der Waals surface area contributed by atoms with E-state index in [9.17, 15) is 0 Å². The van der Waals surface area contributed by atoms with Gasteiger partial charge in [0.05, 0.1) is 22.4 Å². The van der Waals surface area contributed by atoms with Crippen molar-refractivity contribution in [2.45, 2.75) is 0 Å². The maximum Gasteiger partial charge on any atom is 0.0541 e. The second-order valence-corrected chi connectivity index (χ2v) is 16.1. The summed E-state index contributed by atoms with van der Waals surface area (Å²) >= 11 is 0. The minimum Gasteiger partial charge on any atom is -0.309 e. The van der Waals surface area contributed by atoms with Crippen LogP contribution in [0, 0.1) is 0 Å². The maximum absolute atomic E-state index is 2.46. The predicted octanol–water partition coefficient (Wildman–Crippen LogP) is 16.7. The molecule has 0 saturated heterocycles. The second-order valence-electron chi connectivity index (χ2n) is 16.1. The molecule has 0 atom stereocenters. The van der Waals surface area contributed by atoms with Crippen LogP contribution in [-0.2, 0) is 0 Å². The molecule has 0 spiro atoms. The van der Waals surface area contributed by atoms with Gasteiger partial charge in [-0.3, -0.25) is 0 Å². The molecule has 0 radical (unpaired) electrons. The number of aromatic nitrogens is 1. The van der Waals surface area contributed by atoms with E-state index in [2.05, 4.69) is 252 Å². The highest BCUT2D eigenvalue weighted by Crippen LogP contribution is 2.47. The molecule has 0 saturated carbocycles. The Hall–Kier alpha value is -8.20. The van der Waals surface area contributed by atoms with E-state index in [0.29, 0.717) is 0 Å². The van der Waals surface area contributed by atoms with Crippen molar-refractivity contribution in [3.05, 3.63) is 243 Å². The number of hydrogen-bond donors (Lipinski definition) is 0. The summed E-state index contributed by atoms with van der Waals surface area (Å²) in [7, 11) is 0. The van der Waals surface area contributed by atoms with Gasteiger partial charge >= 0.3 is 0 Å². The third-order valence-corrected chi connectivity index (χ3v) is 12.6. The lowest BCUT2D eigenvalue weighted by Gasteiger charge is -2.30. The molecule has 0 bridgehead atoms. The average Bonchev–Trinajstić information content (AvgIpc) is 3.69. The van der Waals surface area contributed by atoms with Crippen LogP contribution in [0.5, 0.6) is 0 Å². The van der Waals surface area contributed by atoms with Crippen molar-refractivity contribution >= 4 is 71.2 Å². The van der Waals surface area contributed by atoms with Crippen molar-refractivity contribution in [1.82, 2.24) is 4.57 Å². The molecule has 0 aliphatic carbocycles. The lowest BCUT2D eigenvalue weighted by molar-refractivity contribution is 1.18. The topological polar surface area (TPSA) is 8.17 Å². The number of rotatable bonds is 7. The van der Waals surface area contributed by atoms with Crippen LogP contribution in [0.25, 0.3) is 93.2 Å². The summed E-state index contributed by atoms with van der Waals surface area (Å²) in [6, 6.07) is 88.5. The second kappa shape index (κ2) is 14.8. The largest absolute Gasteiger partial charge is 0.309 e. The Balaban J connectivity index is 1.04. The molecule has 0 aliphatic rings. The number of hydrogen-bond acceptors (Lipinski definition) is 1. The Kier molecular flexibility index (Phi) is 8.53. The Morgan fingerprint density at radius 1 is 0.274 bits per heavy atom. The fourth-order valence-corrected chi connectivity index (χ4v) is 9.77. The van der Waals surface area contributed by atoms with Gasteiger partial charge in [0, 0.05) is 33.1 Å². The van der Waals surface area contributed by atoms with E-state index in [0.717, 1.165) is 28.3 Å². The van der Waals surface area contributed by atoms with Crippen molar-refractivity contribution in [2.24, 2.45) is 0 Å². The number of nitrogens with zero attached hydrogens (tertiary/aromatic N) is 2. The first kappa shape index (κ1) is 35.7. The van der Waals surface area contributed by atoms with E-state index in [-0.39, 0.29) is 0 Å². The molecule has 0 aliphatic heterocycles. The first-order valence-electron chi connectivity index (χ1n) is 21.3. The Morgan fingerprint density at radius 2 is 0.758 bits per heavy atom. The summed E-state index contributed by atoms with van der Waals surface area (Å²) in [4.78, 5) is 2.46.